The number of hydrogen-bond acceptors (Lipinski definition) is 4. The van der Waals surface area contributed by atoms with Crippen LogP contribution in [0.1, 0.15) is 35.0 Å². The lowest BCUT2D eigenvalue weighted by Gasteiger charge is -2.15. The Morgan fingerprint density at radius 1 is 1.31 bits per heavy atom. The van der Waals surface area contributed by atoms with E-state index < -0.39 is 9.84 Å². The van der Waals surface area contributed by atoms with E-state index in [9.17, 15) is 17.6 Å². The summed E-state index contributed by atoms with van der Waals surface area (Å²) < 4.78 is 38.4. The minimum atomic E-state index is -2.97. The number of hydrogen-bond donors (Lipinski definition) is 2. The highest BCUT2D eigenvalue weighted by Crippen LogP contribution is 2.26. The molecule has 1 aromatic carbocycles. The van der Waals surface area contributed by atoms with Crippen molar-refractivity contribution in [3.63, 3.8) is 0 Å². The van der Waals surface area contributed by atoms with Crippen LogP contribution in [0.25, 0.3) is 0 Å². The summed E-state index contributed by atoms with van der Waals surface area (Å²) >= 11 is 0. The van der Waals surface area contributed by atoms with Gasteiger partial charge < -0.3 is 10.2 Å². The normalized spacial score (nSPS) is 19.2. The zero-order chi connectivity index (χ0) is 21.2. The Morgan fingerprint density at radius 3 is 2.62 bits per heavy atom. The van der Waals surface area contributed by atoms with Gasteiger partial charge in [0, 0.05) is 12.2 Å². The van der Waals surface area contributed by atoms with Crippen LogP contribution in [0.3, 0.4) is 0 Å². The smallest absolute Gasteiger partial charge is 0.275 e. The van der Waals surface area contributed by atoms with Gasteiger partial charge in [0.2, 0.25) is 0 Å². The van der Waals surface area contributed by atoms with E-state index in [2.05, 4.69) is 10.4 Å². The molecule has 1 aliphatic rings. The third kappa shape index (κ3) is 5.42. The largest absolute Gasteiger partial charge is 0.347 e. The molecule has 2 aromatic rings. The Hall–Kier alpha value is -2.26. The summed E-state index contributed by atoms with van der Waals surface area (Å²) in [6.45, 7) is 5.16. The maximum Gasteiger partial charge on any atom is 0.275 e. The van der Waals surface area contributed by atoms with Crippen LogP contribution in [0.4, 0.5) is 4.39 Å². The van der Waals surface area contributed by atoms with Crippen molar-refractivity contribution in [3.8, 4) is 0 Å². The third-order valence-electron chi connectivity index (χ3n) is 5.37. The predicted molar refractivity (Wildman–Crippen MR) is 108 cm³/mol. The third-order valence-corrected chi connectivity index (χ3v) is 7.12. The molecule has 2 N–H and O–H groups in total. The van der Waals surface area contributed by atoms with Crippen molar-refractivity contribution in [2.24, 2.45) is 0 Å². The van der Waals surface area contributed by atoms with Gasteiger partial charge in [-0.15, -0.1) is 0 Å². The van der Waals surface area contributed by atoms with Crippen molar-refractivity contribution in [2.45, 2.75) is 39.4 Å². The fourth-order valence-electron chi connectivity index (χ4n) is 3.78. The molecule has 1 aliphatic heterocycles. The summed E-state index contributed by atoms with van der Waals surface area (Å²) in [5.41, 5.74) is 3.74. The molecule has 1 amide bonds. The first-order chi connectivity index (χ1) is 13.6. The second-order valence-corrected chi connectivity index (χ2v) is 10.1. The van der Waals surface area contributed by atoms with Crippen molar-refractivity contribution in [2.75, 3.05) is 25.1 Å². The second kappa shape index (κ2) is 8.62. The number of carbonyl (C=O) groups is 1. The van der Waals surface area contributed by atoms with Crippen LogP contribution >= 0.6 is 0 Å². The van der Waals surface area contributed by atoms with Crippen molar-refractivity contribution < 1.29 is 22.5 Å². The Morgan fingerprint density at radius 2 is 2.00 bits per heavy atom. The number of nitrogens with zero attached hydrogens (tertiary/aromatic N) is 2. The lowest BCUT2D eigenvalue weighted by atomic mass is 10.1. The van der Waals surface area contributed by atoms with Gasteiger partial charge in [-0.05, 0) is 38.0 Å². The minimum absolute atomic E-state index is 0.0867. The number of aromatic nitrogens is 2. The Balaban J connectivity index is 1.56. The van der Waals surface area contributed by atoms with Crippen LogP contribution in [0, 0.1) is 19.7 Å². The average molecular weight is 424 g/mol. The Kier molecular flexibility index (Phi) is 6.38. The molecule has 9 heteroatoms. The molecule has 0 radical (unpaired) electrons. The highest BCUT2D eigenvalue weighted by Gasteiger charge is 2.31. The molecular formula is C20H28FN4O3S+. The quantitative estimate of drug-likeness (QED) is 0.672. The number of aryl methyl sites for hydroxylation is 1. The number of benzene rings is 1. The molecule has 3 rings (SSSR count). The number of halogens is 1. The molecule has 1 saturated heterocycles. The molecule has 0 bridgehead atoms. The molecule has 1 unspecified atom stereocenters. The molecule has 7 nitrogen and oxygen atoms in total. The molecule has 2 heterocycles. The lowest BCUT2D eigenvalue weighted by molar-refractivity contribution is -0.885. The molecule has 29 heavy (non-hydrogen) atoms. The lowest BCUT2D eigenvalue weighted by Crippen LogP contribution is -3.09. The van der Waals surface area contributed by atoms with Gasteiger partial charge in [-0.1, -0.05) is 12.1 Å². The van der Waals surface area contributed by atoms with Gasteiger partial charge in [-0.2, -0.15) is 5.10 Å². The van der Waals surface area contributed by atoms with Gasteiger partial charge in [-0.25, -0.2) is 12.8 Å². The number of nitrogens with one attached hydrogen (secondary N) is 2. The summed E-state index contributed by atoms with van der Waals surface area (Å²) in [5.74, 6) is -0.0321. The minimum Gasteiger partial charge on any atom is -0.347 e. The van der Waals surface area contributed by atoms with Gasteiger partial charge in [0.25, 0.3) is 5.91 Å². The summed E-state index contributed by atoms with van der Waals surface area (Å²) in [6, 6.07) is 5.94. The molecular weight excluding hydrogens is 395 g/mol. The topological polar surface area (TPSA) is 85.5 Å². The zero-order valence-corrected chi connectivity index (χ0v) is 17.9. The zero-order valence-electron chi connectivity index (χ0n) is 17.0. The number of amides is 1. The first-order valence-corrected chi connectivity index (χ1v) is 11.5. The van der Waals surface area contributed by atoms with E-state index in [1.54, 1.807) is 12.1 Å². The Bertz CT molecular complexity index is 986. The fraction of sp³-hybridized carbons (Fsp3) is 0.500. The van der Waals surface area contributed by atoms with Crippen LogP contribution in [0.5, 0.6) is 0 Å². The van der Waals surface area contributed by atoms with Crippen molar-refractivity contribution in [1.29, 1.82) is 0 Å². The second-order valence-electron chi connectivity index (χ2n) is 7.86. The van der Waals surface area contributed by atoms with Crippen molar-refractivity contribution in [1.82, 2.24) is 15.1 Å². The predicted octanol–water partition coefficient (Wildman–Crippen LogP) is 0.330. The monoisotopic (exact) mass is 423 g/mol. The van der Waals surface area contributed by atoms with Crippen molar-refractivity contribution in [3.05, 3.63) is 52.6 Å². The van der Waals surface area contributed by atoms with E-state index in [0.717, 1.165) is 27.4 Å². The molecule has 0 aliphatic carbocycles. The first-order valence-electron chi connectivity index (χ1n) is 9.72. The van der Waals surface area contributed by atoms with Gasteiger partial charge >= 0.3 is 0 Å². The average Bonchev–Trinajstić information content (AvgIpc) is 3.14. The molecule has 1 aromatic heterocycles. The van der Waals surface area contributed by atoms with Crippen LogP contribution in [-0.4, -0.2) is 49.2 Å². The van der Waals surface area contributed by atoms with Crippen molar-refractivity contribution >= 4 is 15.7 Å². The Labute approximate surface area is 170 Å². The fourth-order valence-corrected chi connectivity index (χ4v) is 5.47. The van der Waals surface area contributed by atoms with Gasteiger partial charge in [-0.3, -0.25) is 9.48 Å². The van der Waals surface area contributed by atoms with E-state index in [4.69, 9.17) is 0 Å². The molecule has 0 spiro atoms. The summed E-state index contributed by atoms with van der Waals surface area (Å²) in [5, 5.41) is 7.43. The first kappa shape index (κ1) is 21.4. The van der Waals surface area contributed by atoms with E-state index in [1.807, 2.05) is 25.6 Å². The molecule has 0 saturated carbocycles. The molecule has 1 fully saturated rings. The highest BCUT2D eigenvalue weighted by molar-refractivity contribution is 7.91. The molecule has 2 atom stereocenters. The summed E-state index contributed by atoms with van der Waals surface area (Å²) in [7, 11) is -1.04. The number of rotatable bonds is 7. The number of carbonyl (C=O) groups excluding carboxylic acids is 1. The standard InChI is InChI=1S/C20H27FN4O3S/c1-14-19(15(2)25(23-14)18-8-9-29(27,28)13-18)11-24(3)12-20(26)22-10-16-4-6-17(21)7-5-16/h4-7,18H,8-13H2,1-3H3,(H,22,26)/p+1/t18-/m1/s1. The van der Waals surface area contributed by atoms with E-state index in [1.165, 1.54) is 12.1 Å². The van der Waals surface area contributed by atoms with Crippen LogP contribution in [0.2, 0.25) is 0 Å². The van der Waals surface area contributed by atoms with Gasteiger partial charge in [0.15, 0.2) is 16.4 Å². The maximum absolute atomic E-state index is 12.9. The van der Waals surface area contributed by atoms with Crippen LogP contribution in [-0.2, 0) is 27.7 Å². The summed E-state index contributed by atoms with van der Waals surface area (Å²) in [4.78, 5) is 13.3. The highest BCUT2D eigenvalue weighted by atomic mass is 32.2. The summed E-state index contributed by atoms with van der Waals surface area (Å²) in [6.07, 6.45) is 0.595. The number of quaternary nitrogens is 1. The van der Waals surface area contributed by atoms with Crippen LogP contribution in [0.15, 0.2) is 24.3 Å². The van der Waals surface area contributed by atoms with E-state index in [-0.39, 0.29) is 29.3 Å². The van der Waals surface area contributed by atoms with Gasteiger partial charge in [0.05, 0.1) is 35.9 Å². The maximum atomic E-state index is 12.9. The van der Waals surface area contributed by atoms with E-state index >= 15 is 0 Å². The van der Waals surface area contributed by atoms with E-state index in [0.29, 0.717) is 26.1 Å². The van der Waals surface area contributed by atoms with Crippen LogP contribution < -0.4 is 10.2 Å². The number of sulfone groups is 1. The van der Waals surface area contributed by atoms with Gasteiger partial charge in [0.1, 0.15) is 12.4 Å². The number of likely N-dealkylation sites (N-methyl/N-ethyl adjacent to an activating group) is 1. The molecule has 158 valence electrons. The SMILES string of the molecule is Cc1nn([C@@H]2CCS(=O)(=O)C2)c(C)c1C[NH+](C)CC(=O)NCc1ccc(F)cc1.